The number of alkyl halides is 3. The number of aliphatic carboxylic acids is 1. The summed E-state index contributed by atoms with van der Waals surface area (Å²) in [7, 11) is 2.66. The van der Waals surface area contributed by atoms with E-state index in [0.717, 1.165) is 44.9 Å². The zero-order valence-electron chi connectivity index (χ0n) is 58.3. The van der Waals surface area contributed by atoms with Crippen molar-refractivity contribution < 1.29 is 94.6 Å². The van der Waals surface area contributed by atoms with E-state index in [0.29, 0.717) is 65.3 Å². The van der Waals surface area contributed by atoms with E-state index in [4.69, 9.17) is 78.1 Å². The number of nitrogens with zero attached hydrogens (tertiary/aromatic N) is 6. The van der Waals surface area contributed by atoms with E-state index in [1.165, 1.54) is 42.6 Å². The van der Waals surface area contributed by atoms with E-state index in [9.17, 15) is 51.5 Å². The highest BCUT2D eigenvalue weighted by Crippen LogP contribution is 2.33. The fourth-order valence-corrected chi connectivity index (χ4v) is 11.5. The highest BCUT2D eigenvalue weighted by molar-refractivity contribution is 6.38. The summed E-state index contributed by atoms with van der Waals surface area (Å²) in [6.45, 7) is 17.9. The van der Waals surface area contributed by atoms with Crippen LogP contribution in [-0.4, -0.2) is 208 Å². The van der Waals surface area contributed by atoms with Crippen LogP contribution in [0.25, 0.3) is 0 Å². The molecule has 2 saturated carbocycles. The summed E-state index contributed by atoms with van der Waals surface area (Å²) in [5.41, 5.74) is -1.77. The highest BCUT2D eigenvalue weighted by Gasteiger charge is 2.49. The van der Waals surface area contributed by atoms with Gasteiger partial charge in [0.25, 0.3) is 11.9 Å². The Hall–Kier alpha value is -8.03. The molecule has 0 spiro atoms. The number of carboxylic acids is 1. The first kappa shape index (κ1) is 81.9. The SMILES string of the molecule is CCC[C@H](NC(=O)[C@@H]1C[C@@H](Oc2ccc(Cl)cn2)CN1C(=O)[C@@H](NC(=O)[C@@H](N=C1NC(C)(C)CO1)C1CCCCC1)C(C)(C)C)C(=O)C(=O)NC1CC1.COC(=O)[C@@H]1C[C@@H](Oc2ccc(Cl)cn2)CN1.COC(=O)[C@@H]1C[C@@H](Oc2ccc(Cl)cn2)CN1C(=O)OC(C)(C)C.O=C(O)C(F)(F)F. The van der Waals surface area contributed by atoms with Crippen LogP contribution in [0.15, 0.2) is 60.0 Å². The van der Waals surface area contributed by atoms with Crippen LogP contribution in [-0.2, 0) is 57.3 Å². The summed E-state index contributed by atoms with van der Waals surface area (Å²) >= 11 is 17.5. The number of methoxy groups -OCH3 is 2. The molecule has 34 heteroatoms. The number of amides is 5. The Morgan fingerprint density at radius 1 is 0.723 bits per heavy atom. The number of esters is 2. The number of ketones is 1. The third kappa shape index (κ3) is 26.1. The lowest BCUT2D eigenvalue weighted by Crippen LogP contribution is -2.60. The fraction of sp³-hybridized carbons (Fsp3) is 0.627. The van der Waals surface area contributed by atoms with Gasteiger partial charge in [-0.1, -0.05) is 88.2 Å². The monoisotopic (exact) mass is 1480 g/mol. The highest BCUT2D eigenvalue weighted by atomic mass is 35.5. The fourth-order valence-electron chi connectivity index (χ4n) is 11.2. The molecule has 558 valence electrons. The maximum absolute atomic E-state index is 14.7. The molecule has 4 saturated heterocycles. The van der Waals surface area contributed by atoms with Crippen molar-refractivity contribution in [2.75, 3.05) is 40.5 Å². The Labute approximate surface area is 599 Å². The summed E-state index contributed by atoms with van der Waals surface area (Å²) in [5.74, 6) is -5.30. The standard InChI is InChI=1S/C38H56ClN7O7.C16H21ClN2O5.C11H13ClN2O3.C2HF3O2/c1-7-11-26(30(47)34(50)41-24-15-16-24)42-32(48)27-18-25(53-28-17-14-23(39)19-40-28)20-46(27)35(51)31(37(2,3)4)44-33(49)29(22-12-9-8-10-13-22)43-36-45-38(5,6)21-52-36;1-16(2,3)24-15(21)19-9-11(7-12(19)14(20)22-4)23-13-6-5-10(17)8-18-13;1-16-11(15)9-4-8(6-13-9)17-10-3-2-7(12)5-14-10;3-2(4,5)1(6)7/h14,17,19,22,24-27,29,31H,7-13,15-16,18,20-21H2,1-6H3,(H,41,50)(H,42,48)(H,43,45)(H,44,49);5-6,8,11-12H,7,9H2,1-4H3;2-3,5,8-9,13H,4,6H2,1H3;(H,6,7)/t25-,26+,27+,29+,31-;11-,12+;8-,9+;/m111./s1. The number of nitrogens with one attached hydrogen (secondary N) is 5. The molecule has 5 amide bonds. The summed E-state index contributed by atoms with van der Waals surface area (Å²) in [6.07, 6.45) is 5.77. The van der Waals surface area contributed by atoms with Crippen LogP contribution in [0.2, 0.25) is 15.1 Å². The first-order valence-corrected chi connectivity index (χ1v) is 34.3. The predicted molar refractivity (Wildman–Crippen MR) is 362 cm³/mol. The molecule has 7 heterocycles. The van der Waals surface area contributed by atoms with Crippen LogP contribution in [0.5, 0.6) is 17.6 Å². The number of rotatable bonds is 20. The lowest BCUT2D eigenvalue weighted by molar-refractivity contribution is -0.192. The molecule has 6 aliphatic rings. The van der Waals surface area contributed by atoms with Gasteiger partial charge in [0.05, 0.1) is 54.0 Å². The normalized spacial score (nSPS) is 22.2. The third-order valence-electron chi connectivity index (χ3n) is 16.4. The minimum Gasteiger partial charge on any atom is -0.475 e. The summed E-state index contributed by atoms with van der Waals surface area (Å²) < 4.78 is 69.8. The molecule has 0 radical (unpaired) electrons. The van der Waals surface area contributed by atoms with E-state index < -0.39 is 101 Å². The van der Waals surface area contributed by atoms with Crippen LogP contribution in [0.3, 0.4) is 0 Å². The predicted octanol–water partition coefficient (Wildman–Crippen LogP) is 7.77. The molecule has 28 nitrogen and oxygen atoms in total. The van der Waals surface area contributed by atoms with Crippen LogP contribution in [0, 0.1) is 11.3 Å². The molecular formula is C67H91Cl3F3N11O17. The molecule has 4 aliphatic heterocycles. The second kappa shape index (κ2) is 36.7. The number of Topliss-reactive ketones (excluding diaryl/α,β-unsaturated/α-hetero) is 1. The number of amidine groups is 1. The number of carbonyl (C=O) groups excluding carboxylic acids is 8. The van der Waals surface area contributed by atoms with E-state index in [1.54, 1.807) is 57.2 Å². The van der Waals surface area contributed by atoms with Crippen molar-refractivity contribution >= 4 is 94.2 Å². The second-order valence-electron chi connectivity index (χ2n) is 27.7. The van der Waals surface area contributed by atoms with Crippen LogP contribution in [0.4, 0.5) is 18.0 Å². The number of carboxylic acid groups (broad SMARTS) is 1. The average Bonchev–Trinajstić information content (AvgIpc) is 1.69. The number of ether oxygens (including phenoxy) is 7. The lowest BCUT2D eigenvalue weighted by atomic mass is 9.82. The number of hydrogen-bond donors (Lipinski definition) is 6. The molecule has 3 aromatic rings. The first-order chi connectivity index (χ1) is 47.4. The number of halogens is 6. The van der Waals surface area contributed by atoms with Gasteiger partial charge in [0.15, 0.2) is 0 Å². The zero-order chi connectivity index (χ0) is 74.7. The smallest absolute Gasteiger partial charge is 0.475 e. The van der Waals surface area contributed by atoms with Crippen molar-refractivity contribution in [2.24, 2.45) is 16.3 Å². The number of pyridine rings is 3. The van der Waals surface area contributed by atoms with Crippen molar-refractivity contribution in [1.82, 2.24) is 51.3 Å². The summed E-state index contributed by atoms with van der Waals surface area (Å²) in [4.78, 5) is 133. The number of aromatic nitrogens is 3. The molecule has 9 rings (SSSR count). The summed E-state index contributed by atoms with van der Waals surface area (Å²) in [6, 6.07) is 5.23. The van der Waals surface area contributed by atoms with Gasteiger partial charge in [-0.05, 0) is 96.3 Å². The van der Waals surface area contributed by atoms with Gasteiger partial charge >= 0.3 is 30.2 Å². The van der Waals surface area contributed by atoms with Gasteiger partial charge < -0.3 is 69.7 Å². The van der Waals surface area contributed by atoms with E-state index in [1.807, 2.05) is 41.5 Å². The minimum atomic E-state index is -5.08. The quantitative estimate of drug-likeness (QED) is 0.0357. The number of hydrogen-bond acceptors (Lipinski definition) is 21. The van der Waals surface area contributed by atoms with Gasteiger partial charge in [-0.15, -0.1) is 0 Å². The number of carbonyl (C=O) groups is 9. The second-order valence-corrected chi connectivity index (χ2v) is 29.0. The number of likely N-dealkylation sites (tertiary alicyclic amines) is 2. The molecule has 6 fully saturated rings. The number of aliphatic imine (C=N–C) groups is 1. The van der Waals surface area contributed by atoms with Gasteiger partial charge in [0, 0.05) is 68.6 Å². The van der Waals surface area contributed by atoms with Gasteiger partial charge in [0.2, 0.25) is 41.1 Å². The van der Waals surface area contributed by atoms with Crippen molar-refractivity contribution in [2.45, 2.75) is 217 Å². The van der Waals surface area contributed by atoms with Crippen molar-refractivity contribution in [3.63, 3.8) is 0 Å². The molecule has 0 unspecified atom stereocenters. The Balaban J connectivity index is 0.000000271. The topological polar surface area (TPSA) is 356 Å². The van der Waals surface area contributed by atoms with Crippen LogP contribution >= 0.6 is 34.8 Å². The molecule has 9 atom stereocenters. The van der Waals surface area contributed by atoms with Gasteiger partial charge in [-0.3, -0.25) is 33.7 Å². The Morgan fingerprint density at radius 3 is 1.68 bits per heavy atom. The van der Waals surface area contributed by atoms with Crippen molar-refractivity contribution in [3.05, 3.63) is 70.1 Å². The minimum absolute atomic E-state index is 0.0133. The maximum atomic E-state index is 14.7. The van der Waals surface area contributed by atoms with E-state index in [-0.39, 0.29) is 73.3 Å². The van der Waals surface area contributed by atoms with Crippen molar-refractivity contribution in [3.8, 4) is 17.6 Å². The molecule has 2 aliphatic carbocycles. The Morgan fingerprint density at radius 2 is 1.24 bits per heavy atom. The molecule has 101 heavy (non-hydrogen) atoms. The molecule has 0 bridgehead atoms. The lowest BCUT2D eigenvalue weighted by Gasteiger charge is -2.37. The van der Waals surface area contributed by atoms with Crippen molar-refractivity contribution in [1.29, 1.82) is 0 Å². The largest absolute Gasteiger partial charge is 0.490 e. The van der Waals surface area contributed by atoms with Gasteiger partial charge in [0.1, 0.15) is 60.7 Å². The molecule has 3 aromatic heterocycles. The zero-order valence-corrected chi connectivity index (χ0v) is 60.6. The Bertz CT molecular complexity index is 3360. The van der Waals surface area contributed by atoms with Gasteiger partial charge in [-0.2, -0.15) is 13.2 Å². The Kier molecular flexibility index (Phi) is 29.8. The average molecular weight is 1490 g/mol. The molecule has 0 aromatic carbocycles. The van der Waals surface area contributed by atoms with E-state index in [2.05, 4.69) is 46.3 Å². The van der Waals surface area contributed by atoms with Crippen LogP contribution in [0.1, 0.15) is 139 Å². The molecule has 6 N–H and O–H groups in total. The van der Waals surface area contributed by atoms with Crippen LogP contribution < -0.4 is 40.8 Å². The maximum Gasteiger partial charge on any atom is 0.490 e. The summed E-state index contributed by atoms with van der Waals surface area (Å²) in [5, 5.41) is 23.4. The molecular weight excluding hydrogens is 1390 g/mol. The first-order valence-electron chi connectivity index (χ1n) is 33.1. The van der Waals surface area contributed by atoms with E-state index >= 15 is 0 Å². The van der Waals surface area contributed by atoms with Gasteiger partial charge in [-0.25, -0.2) is 34.3 Å². The third-order valence-corrected chi connectivity index (χ3v) is 17.0.